The predicted molar refractivity (Wildman–Crippen MR) is 65.4 cm³/mol. The van der Waals surface area contributed by atoms with E-state index >= 15 is 0 Å². The van der Waals surface area contributed by atoms with Gasteiger partial charge in [0, 0.05) is 11.1 Å². The lowest BCUT2D eigenvalue weighted by atomic mass is 10.1. The van der Waals surface area contributed by atoms with Crippen molar-refractivity contribution in [2.75, 3.05) is 0 Å². The number of rotatable bonds is 3. The number of unbranched alkanes of at least 4 members (excludes halogenated alkanes) is 1. The fourth-order valence-corrected chi connectivity index (χ4v) is 1.99. The lowest BCUT2D eigenvalue weighted by Crippen LogP contribution is -1.92. The fourth-order valence-electron chi connectivity index (χ4n) is 1.77. The van der Waals surface area contributed by atoms with Crippen LogP contribution in [-0.2, 0) is 6.42 Å². The molecule has 78 valence electrons. The molecule has 0 bridgehead atoms. The van der Waals surface area contributed by atoms with Crippen LogP contribution in [0.1, 0.15) is 25.5 Å². The van der Waals surface area contributed by atoms with E-state index in [1.165, 1.54) is 17.2 Å². The Morgan fingerprint density at radius 2 is 2.07 bits per heavy atom. The molecule has 1 aromatic carbocycles. The average molecular weight is 220 g/mol. The molecular formula is C13H14ClN. The minimum absolute atomic E-state index is 0.597. The van der Waals surface area contributed by atoms with E-state index in [0.717, 1.165) is 18.5 Å². The number of aromatic nitrogens is 1. The highest BCUT2D eigenvalue weighted by Gasteiger charge is 2.03. The third-order valence-electron chi connectivity index (χ3n) is 2.56. The number of fused-ring (bicyclic) bond motifs is 1. The molecule has 0 atom stereocenters. The van der Waals surface area contributed by atoms with E-state index in [1.54, 1.807) is 0 Å². The van der Waals surface area contributed by atoms with Crippen molar-refractivity contribution >= 4 is 22.4 Å². The number of aryl methyl sites for hydroxylation is 1. The van der Waals surface area contributed by atoms with Gasteiger partial charge in [0.05, 0.1) is 0 Å². The van der Waals surface area contributed by atoms with Crippen molar-refractivity contribution in [3.63, 3.8) is 0 Å². The molecule has 0 aliphatic carbocycles. The maximum atomic E-state index is 5.99. The summed E-state index contributed by atoms with van der Waals surface area (Å²) in [4.78, 5) is 4.40. The molecule has 1 nitrogen and oxygen atoms in total. The minimum Gasteiger partial charge on any atom is -0.240 e. The Morgan fingerprint density at radius 1 is 1.27 bits per heavy atom. The first-order chi connectivity index (χ1) is 7.31. The van der Waals surface area contributed by atoms with Crippen molar-refractivity contribution in [1.29, 1.82) is 0 Å². The predicted octanol–water partition coefficient (Wildman–Crippen LogP) is 4.23. The van der Waals surface area contributed by atoms with Crippen LogP contribution in [-0.4, -0.2) is 4.98 Å². The first-order valence-electron chi connectivity index (χ1n) is 5.35. The molecule has 1 heterocycles. The summed E-state index contributed by atoms with van der Waals surface area (Å²) in [6, 6.07) is 10.2. The summed E-state index contributed by atoms with van der Waals surface area (Å²) in [6.07, 6.45) is 3.36. The zero-order valence-corrected chi connectivity index (χ0v) is 9.59. The second-order valence-corrected chi connectivity index (χ2v) is 4.10. The Hall–Kier alpha value is -1.08. The van der Waals surface area contributed by atoms with E-state index in [-0.39, 0.29) is 0 Å². The standard InChI is InChI=1S/C13H14ClN/c1-2-3-8-12-11-7-5-4-6-10(11)9-13(14)15-12/h4-7,9H,2-3,8H2,1H3. The largest absolute Gasteiger partial charge is 0.240 e. The molecule has 0 N–H and O–H groups in total. The van der Waals surface area contributed by atoms with Gasteiger partial charge in [0.25, 0.3) is 0 Å². The summed E-state index contributed by atoms with van der Waals surface area (Å²) in [7, 11) is 0. The van der Waals surface area contributed by atoms with Crippen molar-refractivity contribution < 1.29 is 0 Å². The second-order valence-electron chi connectivity index (χ2n) is 3.72. The highest BCUT2D eigenvalue weighted by atomic mass is 35.5. The van der Waals surface area contributed by atoms with Crippen molar-refractivity contribution in [2.24, 2.45) is 0 Å². The van der Waals surface area contributed by atoms with Gasteiger partial charge in [-0.3, -0.25) is 0 Å². The third kappa shape index (κ3) is 2.29. The van der Waals surface area contributed by atoms with Crippen molar-refractivity contribution in [3.05, 3.63) is 41.2 Å². The molecule has 0 amide bonds. The normalized spacial score (nSPS) is 10.8. The molecular weight excluding hydrogens is 206 g/mol. The lowest BCUT2D eigenvalue weighted by Gasteiger charge is -2.05. The highest BCUT2D eigenvalue weighted by Crippen LogP contribution is 2.22. The van der Waals surface area contributed by atoms with Gasteiger partial charge in [-0.15, -0.1) is 0 Å². The first kappa shape index (κ1) is 10.4. The molecule has 0 saturated heterocycles. The lowest BCUT2D eigenvalue weighted by molar-refractivity contribution is 0.782. The molecule has 0 spiro atoms. The zero-order chi connectivity index (χ0) is 10.7. The number of halogens is 1. The molecule has 0 radical (unpaired) electrons. The summed E-state index contributed by atoms with van der Waals surface area (Å²) < 4.78 is 0. The number of hydrogen-bond donors (Lipinski definition) is 0. The molecule has 0 saturated carbocycles. The van der Waals surface area contributed by atoms with Crippen LogP contribution in [0.15, 0.2) is 30.3 Å². The van der Waals surface area contributed by atoms with Gasteiger partial charge in [-0.1, -0.05) is 49.2 Å². The van der Waals surface area contributed by atoms with Crippen LogP contribution >= 0.6 is 11.6 Å². The third-order valence-corrected chi connectivity index (χ3v) is 2.75. The maximum absolute atomic E-state index is 5.99. The van der Waals surface area contributed by atoms with Crippen molar-refractivity contribution in [2.45, 2.75) is 26.2 Å². The van der Waals surface area contributed by atoms with Crippen LogP contribution in [0.5, 0.6) is 0 Å². The zero-order valence-electron chi connectivity index (χ0n) is 8.83. The maximum Gasteiger partial charge on any atom is 0.129 e. The Balaban J connectivity index is 2.50. The highest BCUT2D eigenvalue weighted by molar-refractivity contribution is 6.30. The summed E-state index contributed by atoms with van der Waals surface area (Å²) in [5.41, 5.74) is 1.12. The van der Waals surface area contributed by atoms with Crippen LogP contribution in [0, 0.1) is 0 Å². The van der Waals surface area contributed by atoms with E-state index in [4.69, 9.17) is 11.6 Å². The minimum atomic E-state index is 0.597. The van der Waals surface area contributed by atoms with E-state index in [0.29, 0.717) is 5.15 Å². The van der Waals surface area contributed by atoms with E-state index in [9.17, 15) is 0 Å². The average Bonchev–Trinajstić information content (AvgIpc) is 2.25. The molecule has 1 aromatic heterocycles. The molecule has 2 heteroatoms. The monoisotopic (exact) mass is 219 g/mol. The van der Waals surface area contributed by atoms with Crippen molar-refractivity contribution in [1.82, 2.24) is 4.98 Å². The fraction of sp³-hybridized carbons (Fsp3) is 0.308. The summed E-state index contributed by atoms with van der Waals surface area (Å²) in [5, 5.41) is 3.01. The quantitative estimate of drug-likeness (QED) is 0.704. The first-order valence-corrected chi connectivity index (χ1v) is 5.73. The van der Waals surface area contributed by atoms with Gasteiger partial charge < -0.3 is 0 Å². The summed E-state index contributed by atoms with van der Waals surface area (Å²) in [6.45, 7) is 2.19. The van der Waals surface area contributed by atoms with Gasteiger partial charge in [-0.05, 0) is 24.3 Å². The van der Waals surface area contributed by atoms with Crippen LogP contribution in [0.2, 0.25) is 5.15 Å². The molecule has 0 aliphatic rings. The van der Waals surface area contributed by atoms with Gasteiger partial charge in [-0.25, -0.2) is 4.98 Å². The molecule has 0 unspecified atom stereocenters. The van der Waals surface area contributed by atoms with Gasteiger partial charge in [-0.2, -0.15) is 0 Å². The number of pyridine rings is 1. The number of hydrogen-bond acceptors (Lipinski definition) is 1. The Kier molecular flexibility index (Phi) is 3.22. The Bertz CT molecular complexity index is 465. The van der Waals surface area contributed by atoms with Crippen LogP contribution in [0.3, 0.4) is 0 Å². The van der Waals surface area contributed by atoms with Crippen LogP contribution < -0.4 is 0 Å². The SMILES string of the molecule is CCCCc1nc(Cl)cc2ccccc12. The molecule has 2 aromatic rings. The van der Waals surface area contributed by atoms with Gasteiger partial charge in [0.15, 0.2) is 0 Å². The molecule has 15 heavy (non-hydrogen) atoms. The number of nitrogens with zero attached hydrogens (tertiary/aromatic N) is 1. The van der Waals surface area contributed by atoms with Gasteiger partial charge in [0.2, 0.25) is 0 Å². The van der Waals surface area contributed by atoms with Gasteiger partial charge >= 0.3 is 0 Å². The van der Waals surface area contributed by atoms with Crippen molar-refractivity contribution in [3.8, 4) is 0 Å². The van der Waals surface area contributed by atoms with Crippen LogP contribution in [0.4, 0.5) is 0 Å². The molecule has 0 aliphatic heterocycles. The molecule has 0 fully saturated rings. The number of benzene rings is 1. The Morgan fingerprint density at radius 3 is 2.87 bits per heavy atom. The van der Waals surface area contributed by atoms with Crippen LogP contribution in [0.25, 0.3) is 10.8 Å². The smallest absolute Gasteiger partial charge is 0.129 e. The topological polar surface area (TPSA) is 12.9 Å². The van der Waals surface area contributed by atoms with E-state index in [1.807, 2.05) is 18.2 Å². The van der Waals surface area contributed by atoms with E-state index < -0.39 is 0 Å². The summed E-state index contributed by atoms with van der Waals surface area (Å²) >= 11 is 5.99. The second kappa shape index (κ2) is 4.63. The van der Waals surface area contributed by atoms with E-state index in [2.05, 4.69) is 24.0 Å². The Labute approximate surface area is 95.1 Å². The molecule has 2 rings (SSSR count). The summed E-state index contributed by atoms with van der Waals surface area (Å²) in [5.74, 6) is 0. The van der Waals surface area contributed by atoms with Gasteiger partial charge in [0.1, 0.15) is 5.15 Å².